The van der Waals surface area contributed by atoms with E-state index in [0.29, 0.717) is 6.54 Å². The van der Waals surface area contributed by atoms with Crippen molar-refractivity contribution in [3.05, 3.63) is 0 Å². The van der Waals surface area contributed by atoms with E-state index < -0.39 is 6.04 Å². The van der Waals surface area contributed by atoms with Crippen LogP contribution in [0.15, 0.2) is 0 Å². The van der Waals surface area contributed by atoms with E-state index in [0.717, 1.165) is 19.3 Å². The van der Waals surface area contributed by atoms with Crippen LogP contribution in [-0.4, -0.2) is 30.6 Å². The van der Waals surface area contributed by atoms with Gasteiger partial charge in [0.25, 0.3) is 0 Å². The van der Waals surface area contributed by atoms with Crippen molar-refractivity contribution in [2.75, 3.05) is 6.54 Å². The predicted molar refractivity (Wildman–Crippen MR) is 71.3 cm³/mol. The SMILES string of the molecule is CCCNC(=O)[C@H](C)NC(=O)NC1CCCCC1. The molecule has 1 aliphatic carbocycles. The maximum Gasteiger partial charge on any atom is 0.315 e. The van der Waals surface area contributed by atoms with Gasteiger partial charge in [0.15, 0.2) is 0 Å². The third-order valence-corrected chi connectivity index (χ3v) is 3.23. The zero-order valence-electron chi connectivity index (χ0n) is 11.4. The Morgan fingerprint density at radius 3 is 2.50 bits per heavy atom. The van der Waals surface area contributed by atoms with Crippen molar-refractivity contribution < 1.29 is 9.59 Å². The highest BCUT2D eigenvalue weighted by Gasteiger charge is 2.18. The lowest BCUT2D eigenvalue weighted by atomic mass is 9.96. The van der Waals surface area contributed by atoms with Gasteiger partial charge in [0.1, 0.15) is 6.04 Å². The third-order valence-electron chi connectivity index (χ3n) is 3.23. The van der Waals surface area contributed by atoms with Crippen LogP contribution in [-0.2, 0) is 4.79 Å². The van der Waals surface area contributed by atoms with Crippen LogP contribution in [0.3, 0.4) is 0 Å². The zero-order chi connectivity index (χ0) is 13.4. The van der Waals surface area contributed by atoms with Gasteiger partial charge in [-0.3, -0.25) is 4.79 Å². The average Bonchev–Trinajstić information content (AvgIpc) is 2.36. The van der Waals surface area contributed by atoms with Gasteiger partial charge in [-0.05, 0) is 26.2 Å². The summed E-state index contributed by atoms with van der Waals surface area (Å²) in [6.07, 6.45) is 6.60. The summed E-state index contributed by atoms with van der Waals surface area (Å²) in [5.41, 5.74) is 0. The van der Waals surface area contributed by atoms with Gasteiger partial charge in [0, 0.05) is 12.6 Å². The molecule has 1 fully saturated rings. The first-order valence-corrected chi connectivity index (χ1v) is 6.98. The van der Waals surface area contributed by atoms with E-state index in [1.807, 2.05) is 6.92 Å². The van der Waals surface area contributed by atoms with Crippen LogP contribution in [0.5, 0.6) is 0 Å². The van der Waals surface area contributed by atoms with E-state index in [1.54, 1.807) is 6.92 Å². The quantitative estimate of drug-likeness (QED) is 0.697. The van der Waals surface area contributed by atoms with Crippen molar-refractivity contribution in [1.82, 2.24) is 16.0 Å². The highest BCUT2D eigenvalue weighted by molar-refractivity contribution is 5.86. The molecule has 0 bridgehead atoms. The van der Waals surface area contributed by atoms with E-state index in [2.05, 4.69) is 16.0 Å². The van der Waals surface area contributed by atoms with Gasteiger partial charge in [0.2, 0.25) is 5.91 Å². The Morgan fingerprint density at radius 2 is 1.89 bits per heavy atom. The second-order valence-electron chi connectivity index (χ2n) is 4.97. The summed E-state index contributed by atoms with van der Waals surface area (Å²) in [5.74, 6) is -0.129. The molecule has 0 saturated heterocycles. The zero-order valence-corrected chi connectivity index (χ0v) is 11.4. The van der Waals surface area contributed by atoms with Crippen LogP contribution in [0.25, 0.3) is 0 Å². The smallest absolute Gasteiger partial charge is 0.315 e. The number of amides is 3. The normalized spacial score (nSPS) is 17.9. The fourth-order valence-corrected chi connectivity index (χ4v) is 2.14. The van der Waals surface area contributed by atoms with E-state index in [1.165, 1.54) is 19.3 Å². The number of carbonyl (C=O) groups excluding carboxylic acids is 2. The molecule has 0 unspecified atom stereocenters. The Labute approximate surface area is 109 Å². The Hall–Kier alpha value is -1.26. The van der Waals surface area contributed by atoms with Crippen LogP contribution in [0.4, 0.5) is 4.79 Å². The standard InChI is InChI=1S/C13H25N3O2/c1-3-9-14-12(17)10(2)15-13(18)16-11-7-5-4-6-8-11/h10-11H,3-9H2,1-2H3,(H,14,17)(H2,15,16,18)/t10-/m0/s1. The number of rotatable bonds is 5. The van der Waals surface area contributed by atoms with Crippen molar-refractivity contribution in [1.29, 1.82) is 0 Å². The average molecular weight is 255 g/mol. The first-order chi connectivity index (χ1) is 8.63. The molecule has 0 aromatic carbocycles. The van der Waals surface area contributed by atoms with Gasteiger partial charge in [0.05, 0.1) is 0 Å². The summed E-state index contributed by atoms with van der Waals surface area (Å²) in [6.45, 7) is 4.34. The first kappa shape index (κ1) is 14.8. The fraction of sp³-hybridized carbons (Fsp3) is 0.846. The molecule has 1 rings (SSSR count). The monoisotopic (exact) mass is 255 g/mol. The lowest BCUT2D eigenvalue weighted by molar-refractivity contribution is -0.122. The summed E-state index contributed by atoms with van der Waals surface area (Å²) < 4.78 is 0. The highest BCUT2D eigenvalue weighted by atomic mass is 16.2. The van der Waals surface area contributed by atoms with Crippen molar-refractivity contribution in [3.63, 3.8) is 0 Å². The molecule has 0 aromatic rings. The summed E-state index contributed by atoms with van der Waals surface area (Å²) in [7, 11) is 0. The number of hydrogen-bond acceptors (Lipinski definition) is 2. The van der Waals surface area contributed by atoms with E-state index >= 15 is 0 Å². The fourth-order valence-electron chi connectivity index (χ4n) is 2.14. The molecule has 18 heavy (non-hydrogen) atoms. The molecule has 0 aliphatic heterocycles. The summed E-state index contributed by atoms with van der Waals surface area (Å²) >= 11 is 0. The largest absolute Gasteiger partial charge is 0.354 e. The second-order valence-corrected chi connectivity index (χ2v) is 4.97. The summed E-state index contributed by atoms with van der Waals surface area (Å²) in [5, 5.41) is 8.36. The second kappa shape index (κ2) is 7.95. The van der Waals surface area contributed by atoms with Crippen LogP contribution in [0.2, 0.25) is 0 Å². The first-order valence-electron chi connectivity index (χ1n) is 6.98. The van der Waals surface area contributed by atoms with E-state index in [9.17, 15) is 9.59 Å². The molecular weight excluding hydrogens is 230 g/mol. The van der Waals surface area contributed by atoms with Crippen LogP contribution < -0.4 is 16.0 Å². The molecule has 3 amide bonds. The molecule has 0 spiro atoms. The summed E-state index contributed by atoms with van der Waals surface area (Å²) in [4.78, 5) is 23.3. The van der Waals surface area contributed by atoms with Gasteiger partial charge in [-0.25, -0.2) is 4.79 Å². The summed E-state index contributed by atoms with van der Waals surface area (Å²) in [6, 6.07) is -0.453. The van der Waals surface area contributed by atoms with Crippen molar-refractivity contribution >= 4 is 11.9 Å². The minimum Gasteiger partial charge on any atom is -0.354 e. The van der Waals surface area contributed by atoms with Crippen molar-refractivity contribution in [2.45, 2.75) is 64.5 Å². The molecule has 104 valence electrons. The number of nitrogens with one attached hydrogen (secondary N) is 3. The Kier molecular flexibility index (Phi) is 6.54. The van der Waals surface area contributed by atoms with Crippen LogP contribution in [0, 0.1) is 0 Å². The van der Waals surface area contributed by atoms with E-state index in [4.69, 9.17) is 0 Å². The van der Waals surface area contributed by atoms with Crippen molar-refractivity contribution in [2.24, 2.45) is 0 Å². The number of hydrogen-bond donors (Lipinski definition) is 3. The Morgan fingerprint density at radius 1 is 1.22 bits per heavy atom. The number of carbonyl (C=O) groups is 2. The van der Waals surface area contributed by atoms with Gasteiger partial charge >= 0.3 is 6.03 Å². The Bertz CT molecular complexity index is 275. The molecular formula is C13H25N3O2. The molecule has 0 radical (unpaired) electrons. The Balaban J connectivity index is 2.23. The topological polar surface area (TPSA) is 70.2 Å². The predicted octanol–water partition coefficient (Wildman–Crippen LogP) is 1.53. The van der Waals surface area contributed by atoms with Gasteiger partial charge < -0.3 is 16.0 Å². The van der Waals surface area contributed by atoms with Crippen LogP contribution >= 0.6 is 0 Å². The third kappa shape index (κ3) is 5.38. The maximum absolute atomic E-state index is 11.7. The van der Waals surface area contributed by atoms with Gasteiger partial charge in [-0.15, -0.1) is 0 Å². The lowest BCUT2D eigenvalue weighted by Crippen LogP contribution is -2.51. The molecule has 5 nitrogen and oxygen atoms in total. The molecule has 0 aromatic heterocycles. The minimum atomic E-state index is -0.486. The highest BCUT2D eigenvalue weighted by Crippen LogP contribution is 2.17. The van der Waals surface area contributed by atoms with Crippen LogP contribution in [0.1, 0.15) is 52.4 Å². The molecule has 3 N–H and O–H groups in total. The lowest BCUT2D eigenvalue weighted by Gasteiger charge is -2.24. The van der Waals surface area contributed by atoms with Gasteiger partial charge in [-0.2, -0.15) is 0 Å². The molecule has 1 atom stereocenters. The molecule has 0 heterocycles. The molecule has 1 aliphatic rings. The van der Waals surface area contributed by atoms with Crippen molar-refractivity contribution in [3.8, 4) is 0 Å². The minimum absolute atomic E-state index is 0.129. The van der Waals surface area contributed by atoms with Gasteiger partial charge in [-0.1, -0.05) is 26.2 Å². The van der Waals surface area contributed by atoms with E-state index in [-0.39, 0.29) is 18.0 Å². The maximum atomic E-state index is 11.7. The number of urea groups is 1. The molecule has 1 saturated carbocycles. The molecule has 5 heteroatoms.